The zero-order chi connectivity index (χ0) is 28.6. The van der Waals surface area contributed by atoms with Gasteiger partial charge in [-0.2, -0.15) is 8.61 Å². The van der Waals surface area contributed by atoms with Crippen LogP contribution in [0.1, 0.15) is 25.7 Å². The minimum Gasteiger partial charge on any atom is -0.306 e. The number of hydrogen-bond acceptors (Lipinski definition) is 8. The van der Waals surface area contributed by atoms with E-state index in [-0.39, 0.29) is 31.7 Å². The first-order chi connectivity index (χ1) is 18.2. The summed E-state index contributed by atoms with van der Waals surface area (Å²) in [6.45, 7) is 3.13. The summed E-state index contributed by atoms with van der Waals surface area (Å²) in [4.78, 5) is 3.64. The van der Waals surface area contributed by atoms with Crippen molar-refractivity contribution in [1.29, 1.82) is 0 Å². The van der Waals surface area contributed by atoms with Crippen LogP contribution in [0, 0.1) is 0 Å². The van der Waals surface area contributed by atoms with E-state index in [1.165, 1.54) is 59.1 Å². The Hall–Kier alpha value is -1.87. The Morgan fingerprint density at radius 1 is 0.590 bits per heavy atom. The number of hydrogen-bond donors (Lipinski definition) is 0. The molecule has 0 N–H and O–H groups in total. The molecule has 0 aromatic heterocycles. The van der Waals surface area contributed by atoms with E-state index < -0.39 is 29.9 Å². The molecule has 2 saturated heterocycles. The maximum absolute atomic E-state index is 13.6. The second-order valence-corrected chi connectivity index (χ2v) is 16.5. The monoisotopic (exact) mass is 598 g/mol. The summed E-state index contributed by atoms with van der Waals surface area (Å²) in [5, 5.41) is 0. The van der Waals surface area contributed by atoms with E-state index in [2.05, 4.69) is 9.80 Å². The van der Waals surface area contributed by atoms with Gasteiger partial charge in [-0.05, 0) is 102 Å². The van der Waals surface area contributed by atoms with Crippen LogP contribution in [0.25, 0.3) is 0 Å². The first-order valence-corrected chi connectivity index (χ1v) is 17.4. The Labute approximate surface area is 233 Å². The molecule has 0 atom stereocenters. The number of likely N-dealkylation sites (tertiary alicyclic amines) is 2. The summed E-state index contributed by atoms with van der Waals surface area (Å²) >= 11 is 0. The lowest BCUT2D eigenvalue weighted by Gasteiger charge is -2.34. The molecule has 2 aromatic carbocycles. The van der Waals surface area contributed by atoms with Gasteiger partial charge in [-0.1, -0.05) is 12.1 Å². The highest BCUT2D eigenvalue weighted by Crippen LogP contribution is 2.29. The van der Waals surface area contributed by atoms with Gasteiger partial charge in [0.2, 0.25) is 29.9 Å². The Kier molecular flexibility index (Phi) is 8.91. The normalized spacial score (nSPS) is 19.6. The van der Waals surface area contributed by atoms with Gasteiger partial charge in [-0.15, -0.1) is 0 Å². The van der Waals surface area contributed by atoms with Crippen molar-refractivity contribution in [1.82, 2.24) is 18.4 Å². The molecule has 216 valence electrons. The Bertz CT molecular complexity index is 1390. The van der Waals surface area contributed by atoms with Gasteiger partial charge in [-0.3, -0.25) is 0 Å². The lowest BCUT2D eigenvalue weighted by Crippen LogP contribution is -2.44. The van der Waals surface area contributed by atoms with Crippen LogP contribution in [0.4, 0.5) is 0 Å². The van der Waals surface area contributed by atoms with Gasteiger partial charge in [0, 0.05) is 26.2 Å². The summed E-state index contributed by atoms with van der Waals surface area (Å²) < 4.78 is 83.4. The topological polar surface area (TPSA) is 115 Å². The summed E-state index contributed by atoms with van der Waals surface area (Å²) in [5.74, 6) is 0. The number of benzene rings is 2. The van der Waals surface area contributed by atoms with Crippen molar-refractivity contribution in [3.05, 3.63) is 48.5 Å². The van der Waals surface area contributed by atoms with E-state index in [1.807, 2.05) is 14.1 Å². The van der Waals surface area contributed by atoms with Crippen LogP contribution in [0.2, 0.25) is 0 Å². The summed E-state index contributed by atoms with van der Waals surface area (Å²) in [7, 11) is -5.03. The summed E-state index contributed by atoms with van der Waals surface area (Å²) in [5.41, 5.74) is 0. The van der Waals surface area contributed by atoms with Crippen LogP contribution in [0.3, 0.4) is 0 Å². The van der Waals surface area contributed by atoms with Crippen molar-refractivity contribution in [2.45, 2.75) is 57.3 Å². The van der Waals surface area contributed by atoms with Gasteiger partial charge in [-0.25, -0.2) is 25.3 Å². The van der Waals surface area contributed by atoms with Crippen LogP contribution in [-0.2, 0) is 29.9 Å². The Morgan fingerprint density at radius 2 is 0.897 bits per heavy atom. The molecule has 4 rings (SSSR count). The molecule has 2 aliphatic heterocycles. The highest BCUT2D eigenvalue weighted by molar-refractivity contribution is 7.92. The van der Waals surface area contributed by atoms with Gasteiger partial charge in [0.25, 0.3) is 0 Å². The molecule has 0 amide bonds. The second-order valence-electron chi connectivity index (χ2n) is 10.6. The van der Waals surface area contributed by atoms with Crippen molar-refractivity contribution in [3.8, 4) is 0 Å². The minimum absolute atomic E-state index is 0.115. The number of piperidine rings is 2. The summed E-state index contributed by atoms with van der Waals surface area (Å²) in [6, 6.07) is 10.2. The maximum atomic E-state index is 13.6. The first kappa shape index (κ1) is 30.1. The molecule has 39 heavy (non-hydrogen) atoms. The lowest BCUT2D eigenvalue weighted by molar-refractivity contribution is 0.197. The molecule has 10 nitrogen and oxygen atoms in total. The SMILES string of the molecule is CN1CCC(N(C)S(=O)(=O)c2cccc(S(=O)(=O)c3cccc(S(=O)(=O)N(C)C4CCN(C)CC4)c3)c2)CC1. The van der Waals surface area contributed by atoms with E-state index in [9.17, 15) is 25.3 Å². The third-order valence-electron chi connectivity index (χ3n) is 7.99. The molecule has 0 spiro atoms. The lowest BCUT2D eigenvalue weighted by atomic mass is 10.1. The Morgan fingerprint density at radius 3 is 1.23 bits per heavy atom. The van der Waals surface area contributed by atoms with Crippen molar-refractivity contribution in [2.75, 3.05) is 54.4 Å². The largest absolute Gasteiger partial charge is 0.306 e. The quantitative estimate of drug-likeness (QED) is 0.453. The average molecular weight is 599 g/mol. The first-order valence-electron chi connectivity index (χ1n) is 13.0. The number of sulfonamides is 2. The third kappa shape index (κ3) is 6.24. The molecule has 0 aliphatic carbocycles. The van der Waals surface area contributed by atoms with Crippen LogP contribution in [0.5, 0.6) is 0 Å². The molecule has 0 saturated carbocycles. The molecule has 2 heterocycles. The molecule has 0 bridgehead atoms. The van der Waals surface area contributed by atoms with E-state index in [1.54, 1.807) is 0 Å². The van der Waals surface area contributed by atoms with Gasteiger partial charge in [0.05, 0.1) is 19.6 Å². The van der Waals surface area contributed by atoms with Gasteiger partial charge in [0.15, 0.2) is 0 Å². The van der Waals surface area contributed by atoms with Crippen LogP contribution in [-0.4, -0.2) is 110 Å². The fourth-order valence-electron chi connectivity index (χ4n) is 5.18. The highest BCUT2D eigenvalue weighted by atomic mass is 32.2. The standard InChI is InChI=1S/C26H38N4O6S3/c1-27-15-11-21(12-16-27)29(3)38(33,34)25-9-5-7-23(19-25)37(31,32)24-8-6-10-26(20-24)39(35,36)30(4)22-13-17-28(2)18-14-22/h5-10,19-22H,11-18H2,1-4H3. The van der Waals surface area contributed by atoms with Gasteiger partial charge < -0.3 is 9.80 Å². The van der Waals surface area contributed by atoms with Crippen molar-refractivity contribution in [2.24, 2.45) is 0 Å². The van der Waals surface area contributed by atoms with Crippen molar-refractivity contribution < 1.29 is 25.3 Å². The second kappa shape index (κ2) is 11.6. The molecule has 13 heteroatoms. The fourth-order valence-corrected chi connectivity index (χ4v) is 9.61. The molecular formula is C26H38N4O6S3. The predicted molar refractivity (Wildman–Crippen MR) is 149 cm³/mol. The fraction of sp³-hybridized carbons (Fsp3) is 0.538. The number of sulfone groups is 1. The number of nitrogens with zero attached hydrogens (tertiary/aromatic N) is 4. The Balaban J connectivity index is 1.61. The van der Waals surface area contributed by atoms with E-state index in [0.717, 1.165) is 38.3 Å². The molecule has 0 radical (unpaired) electrons. The minimum atomic E-state index is -4.20. The van der Waals surface area contributed by atoms with Gasteiger partial charge >= 0.3 is 0 Å². The van der Waals surface area contributed by atoms with Crippen LogP contribution >= 0.6 is 0 Å². The maximum Gasteiger partial charge on any atom is 0.243 e. The van der Waals surface area contributed by atoms with Crippen molar-refractivity contribution in [3.63, 3.8) is 0 Å². The molecular weight excluding hydrogens is 561 g/mol. The summed E-state index contributed by atoms with van der Waals surface area (Å²) in [6.07, 6.45) is 2.77. The smallest absolute Gasteiger partial charge is 0.243 e. The molecule has 2 aromatic rings. The number of rotatable bonds is 8. The van der Waals surface area contributed by atoms with Crippen LogP contribution < -0.4 is 0 Å². The van der Waals surface area contributed by atoms with E-state index in [0.29, 0.717) is 25.7 Å². The predicted octanol–water partition coefficient (Wildman–Crippen LogP) is 1.95. The van der Waals surface area contributed by atoms with E-state index in [4.69, 9.17) is 0 Å². The molecule has 2 fully saturated rings. The van der Waals surface area contributed by atoms with E-state index >= 15 is 0 Å². The van der Waals surface area contributed by atoms with Crippen molar-refractivity contribution >= 4 is 29.9 Å². The zero-order valence-corrected chi connectivity index (χ0v) is 25.3. The molecule has 0 unspecified atom stereocenters. The van der Waals surface area contributed by atoms with Gasteiger partial charge in [0.1, 0.15) is 0 Å². The highest BCUT2D eigenvalue weighted by Gasteiger charge is 2.33. The molecule has 2 aliphatic rings. The average Bonchev–Trinajstić information content (AvgIpc) is 2.93. The third-order valence-corrected chi connectivity index (χ3v) is 13.6. The zero-order valence-electron chi connectivity index (χ0n) is 22.9. The van der Waals surface area contributed by atoms with Crippen LogP contribution in [0.15, 0.2) is 68.1 Å².